The number of pyridine rings is 1. The third-order valence-corrected chi connectivity index (χ3v) is 4.27. The number of nitrogens with one attached hydrogen (secondary N) is 1. The monoisotopic (exact) mass is 373 g/mol. The van der Waals surface area contributed by atoms with Gasteiger partial charge in [-0.2, -0.15) is 0 Å². The first-order chi connectivity index (χ1) is 10.6. The third kappa shape index (κ3) is 4.15. The normalized spacial score (nSPS) is 16.6. The molecule has 2 aromatic rings. The Morgan fingerprint density at radius 2 is 2.12 bits per heavy atom. The molecule has 24 heavy (non-hydrogen) atoms. The molecule has 2 heterocycles. The van der Waals surface area contributed by atoms with E-state index in [9.17, 15) is 9.18 Å². The predicted octanol–water partition coefficient (Wildman–Crippen LogP) is 3.21. The minimum absolute atomic E-state index is 0. The molecule has 132 valence electrons. The van der Waals surface area contributed by atoms with Crippen LogP contribution in [0, 0.1) is 18.7 Å². The topological polar surface area (TPSA) is 45.2 Å². The summed E-state index contributed by atoms with van der Waals surface area (Å²) >= 11 is 0. The van der Waals surface area contributed by atoms with Crippen molar-refractivity contribution in [2.24, 2.45) is 5.92 Å². The summed E-state index contributed by atoms with van der Waals surface area (Å²) in [5, 5.41) is 3.96. The van der Waals surface area contributed by atoms with Crippen LogP contribution >= 0.6 is 24.8 Å². The highest BCUT2D eigenvalue weighted by molar-refractivity contribution is 5.98. The molecule has 0 spiro atoms. The number of hydrogen-bond acceptors (Lipinski definition) is 3. The van der Waals surface area contributed by atoms with Crippen LogP contribution in [0.5, 0.6) is 0 Å². The average molecular weight is 374 g/mol. The second-order valence-electron chi connectivity index (χ2n) is 5.92. The second-order valence-corrected chi connectivity index (χ2v) is 5.92. The molecule has 3 rings (SSSR count). The molecule has 4 nitrogen and oxygen atoms in total. The highest BCUT2D eigenvalue weighted by atomic mass is 35.5. The quantitative estimate of drug-likeness (QED) is 0.898. The Morgan fingerprint density at radius 3 is 2.83 bits per heavy atom. The minimum atomic E-state index is -0.312. The molecule has 1 N–H and O–H groups in total. The van der Waals surface area contributed by atoms with Crippen LogP contribution in [-0.4, -0.2) is 42.5 Å². The first-order valence-electron chi connectivity index (χ1n) is 7.59. The zero-order chi connectivity index (χ0) is 15.7. The first kappa shape index (κ1) is 20.6. The van der Waals surface area contributed by atoms with E-state index in [4.69, 9.17) is 0 Å². The Balaban J connectivity index is 0.00000144. The van der Waals surface area contributed by atoms with E-state index in [1.54, 1.807) is 13.0 Å². The molecule has 0 aliphatic carbocycles. The number of fused-ring (bicyclic) bond motifs is 1. The van der Waals surface area contributed by atoms with Crippen LogP contribution in [0.15, 0.2) is 24.3 Å². The lowest BCUT2D eigenvalue weighted by molar-refractivity contribution is 0.0786. The molecule has 1 saturated heterocycles. The zero-order valence-electron chi connectivity index (χ0n) is 13.7. The summed E-state index contributed by atoms with van der Waals surface area (Å²) < 4.78 is 13.3. The SMILES string of the molecule is CNCC1CCN(C(=O)c2cc3ccc(F)cc3nc2C)C1.Cl.Cl. The largest absolute Gasteiger partial charge is 0.338 e. The molecule has 1 unspecified atom stereocenters. The summed E-state index contributed by atoms with van der Waals surface area (Å²) in [4.78, 5) is 19.0. The Bertz CT molecular complexity index is 726. The second kappa shape index (κ2) is 8.60. The average Bonchev–Trinajstić information content (AvgIpc) is 2.95. The molecule has 7 heteroatoms. The number of benzene rings is 1. The van der Waals surface area contributed by atoms with E-state index < -0.39 is 0 Å². The molecule has 1 aromatic carbocycles. The van der Waals surface area contributed by atoms with Gasteiger partial charge in [0.15, 0.2) is 0 Å². The maximum atomic E-state index is 13.3. The number of nitrogens with zero attached hydrogens (tertiary/aromatic N) is 2. The first-order valence-corrected chi connectivity index (χ1v) is 7.59. The summed E-state index contributed by atoms with van der Waals surface area (Å²) in [5.41, 5.74) is 1.85. The summed E-state index contributed by atoms with van der Waals surface area (Å²) in [6.45, 7) is 4.30. The van der Waals surface area contributed by atoms with Gasteiger partial charge in [0, 0.05) is 24.5 Å². The van der Waals surface area contributed by atoms with E-state index >= 15 is 0 Å². The van der Waals surface area contributed by atoms with Crippen molar-refractivity contribution in [1.82, 2.24) is 15.2 Å². The van der Waals surface area contributed by atoms with Crippen molar-refractivity contribution in [3.8, 4) is 0 Å². The number of aryl methyl sites for hydroxylation is 1. The molecule has 1 fully saturated rings. The fraction of sp³-hybridized carbons (Fsp3) is 0.412. The molecule has 1 aromatic heterocycles. The number of hydrogen-bond donors (Lipinski definition) is 1. The molecular formula is C17H22Cl2FN3O. The fourth-order valence-electron chi connectivity index (χ4n) is 3.10. The molecule has 0 bridgehead atoms. The van der Waals surface area contributed by atoms with Gasteiger partial charge in [-0.3, -0.25) is 9.78 Å². The van der Waals surface area contributed by atoms with Crippen LogP contribution in [0.1, 0.15) is 22.5 Å². The van der Waals surface area contributed by atoms with Crippen LogP contribution in [0.2, 0.25) is 0 Å². The number of amides is 1. The lowest BCUT2D eigenvalue weighted by Gasteiger charge is -2.18. The maximum absolute atomic E-state index is 13.3. The number of aromatic nitrogens is 1. The number of rotatable bonds is 3. The van der Waals surface area contributed by atoms with Gasteiger partial charge in [-0.05, 0) is 51.1 Å². The number of likely N-dealkylation sites (tertiary alicyclic amines) is 1. The van der Waals surface area contributed by atoms with E-state index in [0.29, 0.717) is 22.7 Å². The molecule has 0 radical (unpaired) electrons. The lowest BCUT2D eigenvalue weighted by Crippen LogP contribution is -2.31. The lowest BCUT2D eigenvalue weighted by atomic mass is 10.1. The summed E-state index contributed by atoms with van der Waals surface area (Å²) in [5.74, 6) is 0.222. The van der Waals surface area contributed by atoms with Crippen LogP contribution in [0.3, 0.4) is 0 Å². The van der Waals surface area contributed by atoms with Crippen molar-refractivity contribution in [2.45, 2.75) is 13.3 Å². The van der Waals surface area contributed by atoms with E-state index in [1.807, 2.05) is 18.0 Å². The van der Waals surface area contributed by atoms with Gasteiger partial charge in [0.2, 0.25) is 0 Å². The molecule has 0 saturated carbocycles. The van der Waals surface area contributed by atoms with E-state index in [1.165, 1.54) is 12.1 Å². The summed E-state index contributed by atoms with van der Waals surface area (Å²) in [6, 6.07) is 6.29. The van der Waals surface area contributed by atoms with Crippen molar-refractivity contribution in [3.63, 3.8) is 0 Å². The van der Waals surface area contributed by atoms with Gasteiger partial charge in [-0.25, -0.2) is 4.39 Å². The standard InChI is InChI=1S/C17H20FN3O.2ClH/c1-11-15(7-13-3-4-14(18)8-16(13)20-11)17(22)21-6-5-12(10-21)9-19-2;;/h3-4,7-8,12,19H,5-6,9-10H2,1-2H3;2*1H. The number of halogens is 3. The highest BCUT2D eigenvalue weighted by Gasteiger charge is 2.27. The zero-order valence-corrected chi connectivity index (χ0v) is 15.3. The van der Waals surface area contributed by atoms with Gasteiger partial charge in [0.1, 0.15) is 5.82 Å². The summed E-state index contributed by atoms with van der Waals surface area (Å²) in [6.07, 6.45) is 1.03. The Labute approximate surface area is 153 Å². The van der Waals surface area contributed by atoms with Crippen molar-refractivity contribution >= 4 is 41.6 Å². The Morgan fingerprint density at radius 1 is 1.38 bits per heavy atom. The Hall–Kier alpha value is -1.43. The van der Waals surface area contributed by atoms with Crippen molar-refractivity contribution in [2.75, 3.05) is 26.7 Å². The van der Waals surface area contributed by atoms with Gasteiger partial charge < -0.3 is 10.2 Å². The van der Waals surface area contributed by atoms with Gasteiger partial charge in [-0.1, -0.05) is 0 Å². The van der Waals surface area contributed by atoms with E-state index in [2.05, 4.69) is 10.3 Å². The van der Waals surface area contributed by atoms with E-state index in [0.717, 1.165) is 31.4 Å². The molecular weight excluding hydrogens is 352 g/mol. The van der Waals surface area contributed by atoms with Crippen LogP contribution < -0.4 is 5.32 Å². The van der Waals surface area contributed by atoms with Crippen molar-refractivity contribution in [3.05, 3.63) is 41.3 Å². The number of carbonyl (C=O) groups excluding carboxylic acids is 1. The number of carbonyl (C=O) groups is 1. The minimum Gasteiger partial charge on any atom is -0.338 e. The third-order valence-electron chi connectivity index (χ3n) is 4.27. The maximum Gasteiger partial charge on any atom is 0.255 e. The van der Waals surface area contributed by atoms with Crippen LogP contribution in [0.25, 0.3) is 10.9 Å². The van der Waals surface area contributed by atoms with Crippen molar-refractivity contribution in [1.29, 1.82) is 0 Å². The highest BCUT2D eigenvalue weighted by Crippen LogP contribution is 2.22. The molecule has 1 atom stereocenters. The molecule has 1 aliphatic heterocycles. The van der Waals surface area contributed by atoms with Crippen molar-refractivity contribution < 1.29 is 9.18 Å². The van der Waals surface area contributed by atoms with Gasteiger partial charge >= 0.3 is 0 Å². The van der Waals surface area contributed by atoms with Gasteiger partial charge in [0.25, 0.3) is 5.91 Å². The molecule has 1 aliphatic rings. The molecule has 1 amide bonds. The smallest absolute Gasteiger partial charge is 0.255 e. The summed E-state index contributed by atoms with van der Waals surface area (Å²) in [7, 11) is 1.93. The predicted molar refractivity (Wildman–Crippen MR) is 98.9 cm³/mol. The van der Waals surface area contributed by atoms with Crippen LogP contribution in [-0.2, 0) is 0 Å². The van der Waals surface area contributed by atoms with Crippen LogP contribution in [0.4, 0.5) is 4.39 Å². The van der Waals surface area contributed by atoms with Gasteiger partial charge in [-0.15, -0.1) is 24.8 Å². The van der Waals surface area contributed by atoms with E-state index in [-0.39, 0.29) is 36.5 Å². The fourth-order valence-corrected chi connectivity index (χ4v) is 3.10. The Kier molecular flexibility index (Phi) is 7.39. The van der Waals surface area contributed by atoms with Gasteiger partial charge in [0.05, 0.1) is 16.8 Å².